The molecule has 1 saturated heterocycles. The van der Waals surface area contributed by atoms with Crippen LogP contribution in [0.5, 0.6) is 0 Å². The lowest BCUT2D eigenvalue weighted by atomic mass is 9.94. The third-order valence-corrected chi connectivity index (χ3v) is 3.82. The van der Waals surface area contributed by atoms with Crippen LogP contribution in [0.15, 0.2) is 12.4 Å². The number of rotatable bonds is 6. The summed E-state index contributed by atoms with van der Waals surface area (Å²) in [4.78, 5) is 6.75. The average molecular weight is 267 g/mol. The molecule has 2 heterocycles. The Balaban J connectivity index is 1.82. The second-order valence-electron chi connectivity index (χ2n) is 5.54. The van der Waals surface area contributed by atoms with Gasteiger partial charge in [0.1, 0.15) is 5.82 Å². The SMILES string of the molecule is COC[C@@H](O)CN1CCC[C@@H](Cc2nccn2C)C1. The Hall–Kier alpha value is -0.910. The van der Waals surface area contributed by atoms with Crippen molar-refractivity contribution in [2.45, 2.75) is 25.4 Å². The minimum Gasteiger partial charge on any atom is -0.389 e. The number of aryl methyl sites for hydroxylation is 1. The van der Waals surface area contributed by atoms with Gasteiger partial charge in [-0.3, -0.25) is 0 Å². The molecule has 2 rings (SSSR count). The molecule has 0 spiro atoms. The molecule has 108 valence electrons. The third-order valence-electron chi connectivity index (χ3n) is 3.82. The maximum absolute atomic E-state index is 9.81. The van der Waals surface area contributed by atoms with E-state index in [0.29, 0.717) is 19.1 Å². The lowest BCUT2D eigenvalue weighted by Gasteiger charge is -2.33. The number of aliphatic hydroxyl groups is 1. The lowest BCUT2D eigenvalue weighted by molar-refractivity contribution is 0.0269. The van der Waals surface area contributed by atoms with E-state index in [1.807, 2.05) is 19.4 Å². The largest absolute Gasteiger partial charge is 0.389 e. The van der Waals surface area contributed by atoms with Gasteiger partial charge in [0.2, 0.25) is 0 Å². The van der Waals surface area contributed by atoms with Gasteiger partial charge in [0.05, 0.1) is 12.7 Å². The van der Waals surface area contributed by atoms with Crippen molar-refractivity contribution in [2.75, 3.05) is 33.4 Å². The van der Waals surface area contributed by atoms with Crippen LogP contribution in [0.3, 0.4) is 0 Å². The third kappa shape index (κ3) is 4.30. The summed E-state index contributed by atoms with van der Waals surface area (Å²) in [6.07, 6.45) is 6.96. The van der Waals surface area contributed by atoms with Gasteiger partial charge in [0.15, 0.2) is 0 Å². The molecule has 0 bridgehead atoms. The summed E-state index contributed by atoms with van der Waals surface area (Å²) in [5, 5.41) is 9.81. The Morgan fingerprint density at radius 1 is 1.58 bits per heavy atom. The zero-order chi connectivity index (χ0) is 13.7. The highest BCUT2D eigenvalue weighted by atomic mass is 16.5. The summed E-state index contributed by atoms with van der Waals surface area (Å²) in [6, 6.07) is 0. The highest BCUT2D eigenvalue weighted by Gasteiger charge is 2.22. The number of methoxy groups -OCH3 is 1. The Morgan fingerprint density at radius 3 is 3.11 bits per heavy atom. The Bertz CT molecular complexity index is 381. The van der Waals surface area contributed by atoms with E-state index in [-0.39, 0.29) is 6.10 Å². The smallest absolute Gasteiger partial charge is 0.108 e. The first-order chi connectivity index (χ1) is 9.19. The van der Waals surface area contributed by atoms with E-state index in [9.17, 15) is 5.11 Å². The topological polar surface area (TPSA) is 50.5 Å². The number of nitrogens with zero attached hydrogens (tertiary/aromatic N) is 3. The minimum atomic E-state index is -0.378. The van der Waals surface area contributed by atoms with Crippen molar-refractivity contribution < 1.29 is 9.84 Å². The molecule has 0 saturated carbocycles. The molecule has 5 nitrogen and oxygen atoms in total. The van der Waals surface area contributed by atoms with Crippen LogP contribution in [0.25, 0.3) is 0 Å². The summed E-state index contributed by atoms with van der Waals surface area (Å²) in [5.74, 6) is 1.80. The van der Waals surface area contributed by atoms with Gasteiger partial charge in [-0.25, -0.2) is 4.98 Å². The van der Waals surface area contributed by atoms with E-state index in [0.717, 1.165) is 25.3 Å². The maximum atomic E-state index is 9.81. The highest BCUT2D eigenvalue weighted by Crippen LogP contribution is 2.20. The molecule has 19 heavy (non-hydrogen) atoms. The number of hydrogen-bond acceptors (Lipinski definition) is 4. The fraction of sp³-hybridized carbons (Fsp3) is 0.786. The molecule has 1 N–H and O–H groups in total. The number of imidazole rings is 1. The number of ether oxygens (including phenoxy) is 1. The van der Waals surface area contributed by atoms with Crippen LogP contribution in [0.1, 0.15) is 18.7 Å². The van der Waals surface area contributed by atoms with E-state index < -0.39 is 0 Å². The molecule has 1 aromatic heterocycles. The van der Waals surface area contributed by atoms with Gasteiger partial charge < -0.3 is 19.3 Å². The number of likely N-dealkylation sites (tertiary alicyclic amines) is 1. The standard InChI is InChI=1S/C14H25N3O2/c1-16-7-5-15-14(16)8-12-4-3-6-17(9-12)10-13(18)11-19-2/h5,7,12-13,18H,3-4,6,8-11H2,1-2H3/t12-,13-/m0/s1. The number of aliphatic hydroxyl groups excluding tert-OH is 1. The van der Waals surface area contributed by atoms with Gasteiger partial charge in [-0.05, 0) is 25.3 Å². The van der Waals surface area contributed by atoms with Gasteiger partial charge in [0.25, 0.3) is 0 Å². The van der Waals surface area contributed by atoms with Crippen molar-refractivity contribution in [2.24, 2.45) is 13.0 Å². The Morgan fingerprint density at radius 2 is 2.42 bits per heavy atom. The normalized spacial score (nSPS) is 22.6. The monoisotopic (exact) mass is 267 g/mol. The Labute approximate surface area is 115 Å². The summed E-state index contributed by atoms with van der Waals surface area (Å²) in [6.45, 7) is 3.26. The second kappa shape index (κ2) is 7.03. The first kappa shape index (κ1) is 14.5. The molecular formula is C14H25N3O2. The zero-order valence-electron chi connectivity index (χ0n) is 12.0. The molecule has 0 aliphatic carbocycles. The van der Waals surface area contributed by atoms with Gasteiger partial charge >= 0.3 is 0 Å². The van der Waals surface area contributed by atoms with Crippen LogP contribution >= 0.6 is 0 Å². The molecule has 1 aliphatic heterocycles. The predicted molar refractivity (Wildman–Crippen MR) is 74.0 cm³/mol. The van der Waals surface area contributed by atoms with Crippen LogP contribution in [0, 0.1) is 5.92 Å². The molecule has 1 aliphatic rings. The molecule has 0 aromatic carbocycles. The molecular weight excluding hydrogens is 242 g/mol. The van der Waals surface area contributed by atoms with Crippen LogP contribution in [-0.2, 0) is 18.2 Å². The van der Waals surface area contributed by atoms with E-state index >= 15 is 0 Å². The van der Waals surface area contributed by atoms with Crippen molar-refractivity contribution in [3.05, 3.63) is 18.2 Å². The van der Waals surface area contributed by atoms with Gasteiger partial charge in [-0.15, -0.1) is 0 Å². The van der Waals surface area contributed by atoms with Crippen molar-refractivity contribution in [3.63, 3.8) is 0 Å². The summed E-state index contributed by atoms with van der Waals surface area (Å²) in [5.41, 5.74) is 0. The van der Waals surface area contributed by atoms with Gasteiger partial charge in [-0.2, -0.15) is 0 Å². The van der Waals surface area contributed by atoms with Crippen LogP contribution in [-0.4, -0.2) is 59.0 Å². The van der Waals surface area contributed by atoms with E-state index in [4.69, 9.17) is 4.74 Å². The van der Waals surface area contributed by atoms with Gasteiger partial charge in [0, 0.05) is 46.1 Å². The number of β-amino-alcohol motifs (C(OH)–C–C–N with tert-alkyl or cyclic N) is 1. The molecule has 0 radical (unpaired) electrons. The van der Waals surface area contributed by atoms with Crippen LogP contribution in [0.2, 0.25) is 0 Å². The van der Waals surface area contributed by atoms with Gasteiger partial charge in [-0.1, -0.05) is 0 Å². The zero-order valence-corrected chi connectivity index (χ0v) is 12.0. The molecule has 5 heteroatoms. The number of piperidine rings is 1. The van der Waals surface area contributed by atoms with Crippen molar-refractivity contribution in [1.29, 1.82) is 0 Å². The number of hydrogen-bond donors (Lipinski definition) is 1. The fourth-order valence-electron chi connectivity index (χ4n) is 2.88. The predicted octanol–water partition coefficient (Wildman–Crippen LogP) is 0.682. The van der Waals surface area contributed by atoms with Crippen LogP contribution < -0.4 is 0 Å². The van der Waals surface area contributed by atoms with Crippen molar-refractivity contribution in [3.8, 4) is 0 Å². The van der Waals surface area contributed by atoms with E-state index in [1.165, 1.54) is 12.8 Å². The number of aromatic nitrogens is 2. The Kier molecular flexibility index (Phi) is 5.36. The molecule has 2 atom stereocenters. The highest BCUT2D eigenvalue weighted by molar-refractivity contribution is 4.94. The summed E-state index contributed by atoms with van der Waals surface area (Å²) in [7, 11) is 3.68. The van der Waals surface area contributed by atoms with E-state index in [2.05, 4.69) is 14.5 Å². The summed E-state index contributed by atoms with van der Waals surface area (Å²) >= 11 is 0. The van der Waals surface area contributed by atoms with Crippen molar-refractivity contribution in [1.82, 2.24) is 14.5 Å². The fourth-order valence-corrected chi connectivity index (χ4v) is 2.88. The van der Waals surface area contributed by atoms with E-state index in [1.54, 1.807) is 7.11 Å². The quantitative estimate of drug-likeness (QED) is 0.823. The maximum Gasteiger partial charge on any atom is 0.108 e. The molecule has 0 unspecified atom stereocenters. The first-order valence-corrected chi connectivity index (χ1v) is 7.04. The first-order valence-electron chi connectivity index (χ1n) is 7.04. The lowest BCUT2D eigenvalue weighted by Crippen LogP contribution is -2.42. The molecule has 1 fully saturated rings. The minimum absolute atomic E-state index is 0.378. The molecule has 1 aromatic rings. The summed E-state index contributed by atoms with van der Waals surface area (Å²) < 4.78 is 7.08. The van der Waals surface area contributed by atoms with Crippen molar-refractivity contribution >= 4 is 0 Å². The van der Waals surface area contributed by atoms with Crippen LogP contribution in [0.4, 0.5) is 0 Å². The average Bonchev–Trinajstić information content (AvgIpc) is 2.76. The second-order valence-corrected chi connectivity index (χ2v) is 5.54. The molecule has 0 amide bonds.